The first kappa shape index (κ1) is 27.0. The van der Waals surface area contributed by atoms with Crippen LogP contribution in [0, 0.1) is 10.1 Å². The number of ether oxygens (including phenoxy) is 1. The Morgan fingerprint density at radius 3 is 2.57 bits per heavy atom. The molecule has 0 saturated carbocycles. The number of nitrogens with zero attached hydrogens (tertiary/aromatic N) is 4. The van der Waals surface area contributed by atoms with Crippen molar-refractivity contribution in [2.45, 2.75) is 32.8 Å². The number of non-ortho nitro benzene ring substituents is 1. The van der Waals surface area contributed by atoms with Gasteiger partial charge >= 0.3 is 0 Å². The molecule has 3 aromatic carbocycles. The van der Waals surface area contributed by atoms with Crippen LogP contribution in [0.15, 0.2) is 73.4 Å². The van der Waals surface area contributed by atoms with Gasteiger partial charge in [0.05, 0.1) is 31.5 Å². The van der Waals surface area contributed by atoms with Crippen LogP contribution in [0.25, 0.3) is 10.9 Å². The molecule has 11 heteroatoms. The van der Waals surface area contributed by atoms with E-state index in [0.29, 0.717) is 37.5 Å². The normalized spacial score (nSPS) is 12.2. The lowest BCUT2D eigenvalue weighted by Crippen LogP contribution is -2.23. The topological polar surface area (TPSA) is 99.6 Å². The van der Waals surface area contributed by atoms with Crippen LogP contribution in [0.2, 0.25) is 5.02 Å². The summed E-state index contributed by atoms with van der Waals surface area (Å²) in [7, 11) is 0. The van der Waals surface area contributed by atoms with Crippen LogP contribution in [0.1, 0.15) is 43.1 Å². The summed E-state index contributed by atoms with van der Waals surface area (Å²) in [6.45, 7) is 4.21. The van der Waals surface area contributed by atoms with Crippen molar-refractivity contribution in [3.05, 3.63) is 106 Å². The molecule has 0 radical (unpaired) electrons. The van der Waals surface area contributed by atoms with Crippen molar-refractivity contribution in [1.29, 1.82) is 0 Å². The van der Waals surface area contributed by atoms with Crippen LogP contribution in [0.4, 0.5) is 5.69 Å². The van der Waals surface area contributed by atoms with Gasteiger partial charge in [0.1, 0.15) is 12.4 Å². The van der Waals surface area contributed by atoms with Crippen molar-refractivity contribution in [3.8, 4) is 5.75 Å². The molecule has 0 N–H and O–H groups in total. The molecule has 0 spiro atoms. The molecular formula is C26H21Br2ClN4O4. The van der Waals surface area contributed by atoms with Gasteiger partial charge in [-0.3, -0.25) is 14.9 Å². The van der Waals surface area contributed by atoms with E-state index in [4.69, 9.17) is 21.3 Å². The molecule has 4 rings (SSSR count). The number of nitro benzene ring substituents is 1. The Kier molecular flexibility index (Phi) is 8.41. The number of aromatic nitrogens is 2. The van der Waals surface area contributed by atoms with Crippen molar-refractivity contribution < 1.29 is 9.66 Å². The molecule has 0 aliphatic rings. The van der Waals surface area contributed by atoms with E-state index in [9.17, 15) is 14.9 Å². The van der Waals surface area contributed by atoms with E-state index in [-0.39, 0.29) is 23.8 Å². The van der Waals surface area contributed by atoms with E-state index in [2.05, 4.69) is 37.0 Å². The minimum atomic E-state index is -0.453. The van der Waals surface area contributed by atoms with E-state index in [0.717, 1.165) is 16.5 Å². The third kappa shape index (κ3) is 6.08. The fraction of sp³-hybridized carbons (Fsp3) is 0.192. The monoisotopic (exact) mass is 646 g/mol. The summed E-state index contributed by atoms with van der Waals surface area (Å²) in [4.78, 5) is 28.4. The molecule has 1 heterocycles. The molecule has 1 atom stereocenters. The summed E-state index contributed by atoms with van der Waals surface area (Å²) in [5.41, 5.74) is 1.78. The lowest BCUT2D eigenvalue weighted by Gasteiger charge is -2.14. The Morgan fingerprint density at radius 2 is 1.92 bits per heavy atom. The molecule has 0 bridgehead atoms. The number of hydrogen-bond donors (Lipinski definition) is 0. The lowest BCUT2D eigenvalue weighted by molar-refractivity contribution is -0.384. The third-order valence-electron chi connectivity index (χ3n) is 5.76. The average molecular weight is 649 g/mol. The van der Waals surface area contributed by atoms with Crippen LogP contribution in [-0.2, 0) is 6.61 Å². The summed E-state index contributed by atoms with van der Waals surface area (Å²) in [6, 6.07) is 15.0. The van der Waals surface area contributed by atoms with Crippen LogP contribution in [-0.4, -0.2) is 20.8 Å². The molecule has 0 fully saturated rings. The van der Waals surface area contributed by atoms with E-state index >= 15 is 0 Å². The number of hydrogen-bond acceptors (Lipinski definition) is 6. The van der Waals surface area contributed by atoms with Gasteiger partial charge in [0.2, 0.25) is 0 Å². The standard InChI is InChI=1S/C26H21Br2ClN4O4/c1-3-15(2)25-31-23-9-6-18(27)12-20(23)26(34)32(25)30-13-17-10-21(28)24(22(29)11-17)37-14-16-4-7-19(8-5-16)33(35)36/h4-13,15H,3,14H2,1-2H3/t15-/m1/s1. The van der Waals surface area contributed by atoms with Gasteiger partial charge in [-0.05, 0) is 75.9 Å². The number of fused-ring (bicyclic) bond motifs is 1. The third-order valence-corrected chi connectivity index (χ3v) is 7.12. The van der Waals surface area contributed by atoms with E-state index in [1.165, 1.54) is 16.8 Å². The first-order chi connectivity index (χ1) is 17.7. The van der Waals surface area contributed by atoms with Gasteiger partial charge in [0, 0.05) is 22.5 Å². The second-order valence-electron chi connectivity index (χ2n) is 8.33. The van der Waals surface area contributed by atoms with Gasteiger partial charge in [-0.25, -0.2) is 4.98 Å². The highest BCUT2D eigenvalue weighted by atomic mass is 79.9. The predicted octanol–water partition coefficient (Wildman–Crippen LogP) is 7.46. The van der Waals surface area contributed by atoms with Gasteiger partial charge in [-0.2, -0.15) is 9.78 Å². The fourth-order valence-corrected chi connectivity index (χ4v) is 4.91. The molecule has 0 aliphatic carbocycles. The van der Waals surface area contributed by atoms with Gasteiger partial charge in [0.15, 0.2) is 5.75 Å². The maximum Gasteiger partial charge on any atom is 0.282 e. The van der Waals surface area contributed by atoms with Crippen molar-refractivity contribution in [2.24, 2.45) is 5.10 Å². The predicted molar refractivity (Wildman–Crippen MR) is 152 cm³/mol. The quantitative estimate of drug-likeness (QED) is 0.112. The van der Waals surface area contributed by atoms with Crippen molar-refractivity contribution in [1.82, 2.24) is 9.66 Å². The van der Waals surface area contributed by atoms with Crippen molar-refractivity contribution in [3.63, 3.8) is 0 Å². The summed E-state index contributed by atoms with van der Waals surface area (Å²) < 4.78 is 8.57. The molecule has 0 unspecified atom stereocenters. The van der Waals surface area contributed by atoms with Gasteiger partial charge in [0.25, 0.3) is 11.2 Å². The highest BCUT2D eigenvalue weighted by Crippen LogP contribution is 2.35. The van der Waals surface area contributed by atoms with Gasteiger partial charge in [-0.1, -0.05) is 41.4 Å². The van der Waals surface area contributed by atoms with Gasteiger partial charge in [-0.15, -0.1) is 0 Å². The second kappa shape index (κ2) is 11.5. The van der Waals surface area contributed by atoms with Crippen LogP contribution in [0.5, 0.6) is 5.75 Å². The summed E-state index contributed by atoms with van der Waals surface area (Å²) in [6.07, 6.45) is 2.34. The average Bonchev–Trinajstić information content (AvgIpc) is 2.87. The van der Waals surface area contributed by atoms with E-state index in [1.54, 1.807) is 36.5 Å². The molecule has 1 aromatic heterocycles. The first-order valence-corrected chi connectivity index (χ1v) is 13.3. The maximum atomic E-state index is 13.3. The Morgan fingerprint density at radius 1 is 1.19 bits per heavy atom. The molecule has 0 aliphatic heterocycles. The molecule has 4 aromatic rings. The molecule has 190 valence electrons. The molecule has 8 nitrogen and oxygen atoms in total. The molecular weight excluding hydrogens is 628 g/mol. The highest BCUT2D eigenvalue weighted by Gasteiger charge is 2.16. The summed E-state index contributed by atoms with van der Waals surface area (Å²) in [5, 5.41) is 16.1. The lowest BCUT2D eigenvalue weighted by atomic mass is 10.1. The number of nitro groups is 1. The zero-order valence-corrected chi connectivity index (χ0v) is 23.7. The zero-order chi connectivity index (χ0) is 26.7. The van der Waals surface area contributed by atoms with Crippen LogP contribution < -0.4 is 10.3 Å². The Hall–Kier alpha value is -3.08. The van der Waals surface area contributed by atoms with E-state index < -0.39 is 4.92 Å². The highest BCUT2D eigenvalue weighted by molar-refractivity contribution is 9.10. The second-order valence-corrected chi connectivity index (χ2v) is 10.5. The number of rotatable bonds is 8. The smallest absolute Gasteiger partial charge is 0.282 e. The Bertz CT molecular complexity index is 1550. The van der Waals surface area contributed by atoms with Crippen LogP contribution in [0.3, 0.4) is 0 Å². The molecule has 0 saturated heterocycles. The Labute approximate surface area is 234 Å². The van der Waals surface area contributed by atoms with E-state index in [1.807, 2.05) is 26.0 Å². The zero-order valence-electron chi connectivity index (χ0n) is 19.8. The minimum Gasteiger partial charge on any atom is -0.486 e. The minimum absolute atomic E-state index is 0.0106. The molecule has 37 heavy (non-hydrogen) atoms. The summed E-state index contributed by atoms with van der Waals surface area (Å²) >= 11 is 13.4. The first-order valence-electron chi connectivity index (χ1n) is 11.3. The Balaban J connectivity index is 1.62. The SMILES string of the molecule is CC[C@@H](C)c1nc2ccc(Br)cc2c(=O)n1N=Cc1cc(Cl)c(OCc2ccc([N+](=O)[O-])cc2)c(Br)c1. The van der Waals surface area contributed by atoms with Crippen molar-refractivity contribution in [2.75, 3.05) is 0 Å². The van der Waals surface area contributed by atoms with Crippen molar-refractivity contribution >= 4 is 66.3 Å². The number of halogens is 3. The van der Waals surface area contributed by atoms with Gasteiger partial charge < -0.3 is 4.74 Å². The number of benzene rings is 3. The maximum absolute atomic E-state index is 13.3. The largest absolute Gasteiger partial charge is 0.486 e. The summed E-state index contributed by atoms with van der Waals surface area (Å²) in [5.74, 6) is 1.02. The molecule has 0 amide bonds. The fourth-order valence-electron chi connectivity index (χ4n) is 3.56. The van der Waals surface area contributed by atoms with Crippen LogP contribution >= 0.6 is 43.5 Å².